The van der Waals surface area contributed by atoms with Crippen LogP contribution in [-0.4, -0.2) is 40.2 Å². The number of nitrogens with one attached hydrogen (secondary N) is 1. The second kappa shape index (κ2) is 6.77. The van der Waals surface area contributed by atoms with Gasteiger partial charge in [-0.2, -0.15) is 5.10 Å². The summed E-state index contributed by atoms with van der Waals surface area (Å²) in [4.78, 5) is 14.6. The molecule has 1 aromatic heterocycles. The number of anilines is 1. The van der Waals surface area contributed by atoms with Crippen LogP contribution in [0.4, 0.5) is 5.69 Å². The second-order valence-corrected chi connectivity index (χ2v) is 6.79. The molecule has 5 heteroatoms. The molecular weight excluding hydrogens is 300 g/mol. The number of hydrogen-bond donors (Lipinski definition) is 1. The van der Waals surface area contributed by atoms with Crippen molar-refractivity contribution in [3.63, 3.8) is 0 Å². The van der Waals surface area contributed by atoms with Crippen molar-refractivity contribution in [2.75, 3.05) is 25.0 Å². The first-order valence-corrected chi connectivity index (χ1v) is 8.53. The van der Waals surface area contributed by atoms with Gasteiger partial charge in [-0.15, -0.1) is 0 Å². The van der Waals surface area contributed by atoms with Gasteiger partial charge in [0.2, 0.25) is 5.91 Å². The molecule has 1 unspecified atom stereocenters. The fraction of sp³-hybridized carbons (Fsp3) is 0.474. The predicted molar refractivity (Wildman–Crippen MR) is 96.3 cm³/mol. The minimum atomic E-state index is 0.0413. The van der Waals surface area contributed by atoms with Crippen molar-refractivity contribution in [3.05, 3.63) is 46.8 Å². The van der Waals surface area contributed by atoms with Gasteiger partial charge in [0.25, 0.3) is 0 Å². The molecule has 3 rings (SSSR count). The third-order valence-electron chi connectivity index (χ3n) is 5.04. The molecule has 1 atom stereocenters. The van der Waals surface area contributed by atoms with Crippen molar-refractivity contribution in [1.82, 2.24) is 14.7 Å². The molecule has 1 saturated heterocycles. The third kappa shape index (κ3) is 3.36. The molecule has 1 aromatic carbocycles. The zero-order valence-corrected chi connectivity index (χ0v) is 15.0. The number of carbonyl (C=O) groups excluding carboxylic acids is 1. The molecule has 0 aliphatic carbocycles. The van der Waals surface area contributed by atoms with E-state index >= 15 is 0 Å². The molecule has 1 fully saturated rings. The molecule has 2 aromatic rings. The van der Waals surface area contributed by atoms with Crippen LogP contribution in [0.25, 0.3) is 0 Å². The van der Waals surface area contributed by atoms with Crippen molar-refractivity contribution < 1.29 is 4.79 Å². The van der Waals surface area contributed by atoms with Gasteiger partial charge >= 0.3 is 0 Å². The van der Waals surface area contributed by atoms with E-state index < -0.39 is 0 Å². The van der Waals surface area contributed by atoms with Gasteiger partial charge < -0.3 is 5.32 Å². The molecule has 0 spiro atoms. The van der Waals surface area contributed by atoms with Crippen molar-refractivity contribution in [2.24, 2.45) is 7.05 Å². The molecule has 2 heterocycles. The molecule has 0 saturated carbocycles. The summed E-state index contributed by atoms with van der Waals surface area (Å²) in [5.74, 6) is 0.570. The summed E-state index contributed by atoms with van der Waals surface area (Å²) >= 11 is 0. The molecule has 128 valence electrons. The van der Waals surface area contributed by atoms with Crippen LogP contribution in [0.2, 0.25) is 0 Å². The maximum Gasteiger partial charge on any atom is 0.238 e. The molecule has 1 N–H and O–H groups in total. The first-order chi connectivity index (χ1) is 11.5. The van der Waals surface area contributed by atoms with Gasteiger partial charge in [-0.25, -0.2) is 0 Å². The number of aromatic nitrogens is 2. The van der Waals surface area contributed by atoms with E-state index in [9.17, 15) is 4.79 Å². The highest BCUT2D eigenvalue weighted by molar-refractivity contribution is 5.93. The molecule has 1 amide bonds. The lowest BCUT2D eigenvalue weighted by molar-refractivity contribution is -0.117. The number of nitrogens with zero attached hydrogens (tertiary/aromatic N) is 3. The smallest absolute Gasteiger partial charge is 0.238 e. The van der Waals surface area contributed by atoms with Gasteiger partial charge in [-0.3, -0.25) is 14.4 Å². The van der Waals surface area contributed by atoms with E-state index in [0.717, 1.165) is 36.6 Å². The minimum absolute atomic E-state index is 0.0413. The SMILES string of the molecule is Cc1ccccc1C1CCN(CC(=O)Nc2c(C)nn(C)c2C)C1. The normalized spacial score (nSPS) is 18.1. The average Bonchev–Trinajstić information content (AvgIpc) is 3.08. The molecular formula is C19H26N4O. The van der Waals surface area contributed by atoms with E-state index in [4.69, 9.17) is 0 Å². The van der Waals surface area contributed by atoms with Crippen molar-refractivity contribution in [2.45, 2.75) is 33.1 Å². The quantitative estimate of drug-likeness (QED) is 0.940. The number of aryl methyl sites for hydroxylation is 3. The van der Waals surface area contributed by atoms with E-state index in [1.807, 2.05) is 20.9 Å². The Labute approximate surface area is 143 Å². The van der Waals surface area contributed by atoms with Crippen LogP contribution in [0.15, 0.2) is 24.3 Å². The van der Waals surface area contributed by atoms with Crippen LogP contribution < -0.4 is 5.32 Å². The fourth-order valence-electron chi connectivity index (χ4n) is 3.61. The summed E-state index contributed by atoms with van der Waals surface area (Å²) in [7, 11) is 1.89. The lowest BCUT2D eigenvalue weighted by Crippen LogP contribution is -2.31. The third-order valence-corrected chi connectivity index (χ3v) is 5.04. The number of rotatable bonds is 4. The Hall–Kier alpha value is -2.14. The zero-order chi connectivity index (χ0) is 17.3. The van der Waals surface area contributed by atoms with Crippen LogP contribution in [0, 0.1) is 20.8 Å². The Bertz CT molecular complexity index is 750. The summed E-state index contributed by atoms with van der Waals surface area (Å²) in [5, 5.41) is 7.37. The maximum absolute atomic E-state index is 12.4. The summed E-state index contributed by atoms with van der Waals surface area (Å²) < 4.78 is 1.80. The standard InChI is InChI=1S/C19H26N4O/c1-13-7-5-6-8-17(13)16-9-10-23(11-16)12-18(24)20-19-14(2)21-22(4)15(19)3/h5-8,16H,9-12H2,1-4H3,(H,20,24). The van der Waals surface area contributed by atoms with Gasteiger partial charge in [0.05, 0.1) is 23.6 Å². The van der Waals surface area contributed by atoms with Gasteiger partial charge in [-0.05, 0) is 50.8 Å². The van der Waals surface area contributed by atoms with Crippen LogP contribution >= 0.6 is 0 Å². The Kier molecular flexibility index (Phi) is 4.71. The lowest BCUT2D eigenvalue weighted by atomic mass is 9.94. The molecule has 24 heavy (non-hydrogen) atoms. The van der Waals surface area contributed by atoms with Gasteiger partial charge in [-0.1, -0.05) is 24.3 Å². The summed E-state index contributed by atoms with van der Waals surface area (Å²) in [6, 6.07) is 8.56. The van der Waals surface area contributed by atoms with Gasteiger partial charge in [0.15, 0.2) is 0 Å². The second-order valence-electron chi connectivity index (χ2n) is 6.79. The zero-order valence-electron chi connectivity index (χ0n) is 15.0. The van der Waals surface area contributed by atoms with Crippen LogP contribution in [0.1, 0.15) is 34.9 Å². The Balaban J connectivity index is 1.59. The number of hydrogen-bond acceptors (Lipinski definition) is 3. The van der Waals surface area contributed by atoms with Gasteiger partial charge in [0, 0.05) is 13.6 Å². The summed E-state index contributed by atoms with van der Waals surface area (Å²) in [6.45, 7) is 8.42. The minimum Gasteiger partial charge on any atom is -0.322 e. The highest BCUT2D eigenvalue weighted by atomic mass is 16.2. The highest BCUT2D eigenvalue weighted by Crippen LogP contribution is 2.29. The van der Waals surface area contributed by atoms with E-state index in [0.29, 0.717) is 12.5 Å². The average molecular weight is 326 g/mol. The number of benzene rings is 1. The predicted octanol–water partition coefficient (Wildman–Crippen LogP) is 2.77. The van der Waals surface area contributed by atoms with Crippen molar-refractivity contribution in [3.8, 4) is 0 Å². The fourth-order valence-corrected chi connectivity index (χ4v) is 3.61. The largest absolute Gasteiger partial charge is 0.322 e. The first-order valence-electron chi connectivity index (χ1n) is 8.53. The highest BCUT2D eigenvalue weighted by Gasteiger charge is 2.26. The Morgan fingerprint density at radius 1 is 1.29 bits per heavy atom. The molecule has 1 aliphatic heterocycles. The van der Waals surface area contributed by atoms with E-state index in [-0.39, 0.29) is 5.91 Å². The molecule has 0 radical (unpaired) electrons. The monoisotopic (exact) mass is 326 g/mol. The topological polar surface area (TPSA) is 50.2 Å². The molecule has 0 bridgehead atoms. The lowest BCUT2D eigenvalue weighted by Gasteiger charge is -2.17. The van der Waals surface area contributed by atoms with Crippen molar-refractivity contribution >= 4 is 11.6 Å². The number of likely N-dealkylation sites (tertiary alicyclic amines) is 1. The van der Waals surface area contributed by atoms with Crippen LogP contribution in [0.5, 0.6) is 0 Å². The first kappa shape index (κ1) is 16.7. The van der Waals surface area contributed by atoms with E-state index in [1.165, 1.54) is 11.1 Å². The summed E-state index contributed by atoms with van der Waals surface area (Å²) in [6.07, 6.45) is 1.11. The Morgan fingerprint density at radius 3 is 2.71 bits per heavy atom. The van der Waals surface area contributed by atoms with Gasteiger partial charge in [0.1, 0.15) is 0 Å². The van der Waals surface area contributed by atoms with Crippen molar-refractivity contribution in [1.29, 1.82) is 0 Å². The number of amides is 1. The van der Waals surface area contributed by atoms with E-state index in [1.54, 1.807) is 4.68 Å². The maximum atomic E-state index is 12.4. The van der Waals surface area contributed by atoms with E-state index in [2.05, 4.69) is 46.5 Å². The number of carbonyl (C=O) groups is 1. The molecule has 1 aliphatic rings. The summed E-state index contributed by atoms with van der Waals surface area (Å²) in [5.41, 5.74) is 5.45. The van der Waals surface area contributed by atoms with Crippen LogP contribution in [-0.2, 0) is 11.8 Å². The van der Waals surface area contributed by atoms with Crippen LogP contribution in [0.3, 0.4) is 0 Å². The Morgan fingerprint density at radius 2 is 2.04 bits per heavy atom. The molecule has 5 nitrogen and oxygen atoms in total.